The molecule has 2 aliphatic rings. The molecule has 0 unspecified atom stereocenters. The molecule has 6 rings (SSSR count). The Bertz CT molecular complexity index is 1500. The molecule has 2 aromatic heterocycles. The van der Waals surface area contributed by atoms with Crippen LogP contribution in [0.4, 0.5) is 25.3 Å². The predicted octanol–water partition coefficient (Wildman–Crippen LogP) is 5.95. The summed E-state index contributed by atoms with van der Waals surface area (Å²) in [6.07, 6.45) is 2.10. The van der Waals surface area contributed by atoms with Crippen LogP contribution < -0.4 is 15.1 Å². The number of thiazole rings is 1. The maximum atomic E-state index is 15.6. The Kier molecular flexibility index (Phi) is 6.22. The standard InChI is InChI=1S/C28H26F2N6S/c1-2-36(28-34-26(25(16-31)37-28)18-5-7-19(29)8-6-18)24-15-23(17-3-4-17)33-27-21(24)13-20(14-22(27)30)35-11-9-32-10-12-35/h5-8,13-15,17,32H,2-4,9-12H2,1H3. The van der Waals surface area contributed by atoms with Gasteiger partial charge in [0.2, 0.25) is 0 Å². The van der Waals surface area contributed by atoms with Crippen LogP contribution in [0.1, 0.15) is 36.3 Å². The lowest BCUT2D eigenvalue weighted by atomic mass is 10.1. The second-order valence-corrected chi connectivity index (χ2v) is 10.4. The molecule has 2 aromatic carbocycles. The molecule has 188 valence electrons. The first-order valence-corrected chi connectivity index (χ1v) is 13.4. The quantitative estimate of drug-likeness (QED) is 0.341. The Morgan fingerprint density at radius 2 is 1.86 bits per heavy atom. The molecule has 0 atom stereocenters. The highest BCUT2D eigenvalue weighted by Crippen LogP contribution is 2.45. The van der Waals surface area contributed by atoms with Gasteiger partial charge in [0.15, 0.2) is 10.9 Å². The summed E-state index contributed by atoms with van der Waals surface area (Å²) < 4.78 is 29.1. The van der Waals surface area contributed by atoms with Gasteiger partial charge >= 0.3 is 0 Å². The van der Waals surface area contributed by atoms with Crippen molar-refractivity contribution < 1.29 is 8.78 Å². The number of hydrogen-bond acceptors (Lipinski definition) is 7. The summed E-state index contributed by atoms with van der Waals surface area (Å²) >= 11 is 1.29. The van der Waals surface area contributed by atoms with Crippen molar-refractivity contribution in [2.24, 2.45) is 0 Å². The van der Waals surface area contributed by atoms with Crippen molar-refractivity contribution in [1.29, 1.82) is 5.26 Å². The number of fused-ring (bicyclic) bond motifs is 1. The van der Waals surface area contributed by atoms with E-state index in [4.69, 9.17) is 9.97 Å². The van der Waals surface area contributed by atoms with Gasteiger partial charge in [0.05, 0.1) is 5.69 Å². The molecule has 9 heteroatoms. The minimum Gasteiger partial charge on any atom is -0.369 e. The molecule has 6 nitrogen and oxygen atoms in total. The van der Waals surface area contributed by atoms with Crippen molar-refractivity contribution >= 4 is 38.7 Å². The van der Waals surface area contributed by atoms with Crippen LogP contribution in [0, 0.1) is 23.0 Å². The lowest BCUT2D eigenvalue weighted by Gasteiger charge is -2.30. The molecular weight excluding hydrogens is 490 g/mol. The van der Waals surface area contributed by atoms with Gasteiger partial charge in [-0.25, -0.2) is 18.7 Å². The largest absolute Gasteiger partial charge is 0.369 e. The van der Waals surface area contributed by atoms with Crippen LogP contribution in [0.3, 0.4) is 0 Å². The summed E-state index contributed by atoms with van der Waals surface area (Å²) in [4.78, 5) is 14.3. The fourth-order valence-electron chi connectivity index (χ4n) is 4.90. The monoisotopic (exact) mass is 516 g/mol. The van der Waals surface area contributed by atoms with E-state index in [0.717, 1.165) is 61.5 Å². The van der Waals surface area contributed by atoms with Crippen LogP contribution in [0.5, 0.6) is 0 Å². The van der Waals surface area contributed by atoms with E-state index >= 15 is 4.39 Å². The number of pyridine rings is 1. The van der Waals surface area contributed by atoms with Crippen molar-refractivity contribution in [3.63, 3.8) is 0 Å². The van der Waals surface area contributed by atoms with E-state index in [0.29, 0.717) is 39.2 Å². The van der Waals surface area contributed by atoms with E-state index in [2.05, 4.69) is 22.4 Å². The van der Waals surface area contributed by atoms with Crippen LogP contribution in [0.25, 0.3) is 22.2 Å². The van der Waals surface area contributed by atoms with E-state index in [1.54, 1.807) is 18.2 Å². The molecule has 4 aromatic rings. The van der Waals surface area contributed by atoms with Crippen LogP contribution in [-0.4, -0.2) is 42.7 Å². The molecule has 2 fully saturated rings. The van der Waals surface area contributed by atoms with Gasteiger partial charge < -0.3 is 15.1 Å². The van der Waals surface area contributed by atoms with Crippen LogP contribution >= 0.6 is 11.3 Å². The first-order valence-electron chi connectivity index (χ1n) is 12.6. The minimum atomic E-state index is -0.342. The molecule has 1 aliphatic heterocycles. The second-order valence-electron chi connectivity index (χ2n) is 9.44. The number of benzene rings is 2. The molecule has 0 bridgehead atoms. The summed E-state index contributed by atoms with van der Waals surface area (Å²) in [5, 5.41) is 14.6. The summed E-state index contributed by atoms with van der Waals surface area (Å²) in [6.45, 7) is 5.92. The number of nitriles is 1. The average molecular weight is 517 g/mol. The molecule has 0 radical (unpaired) electrons. The highest BCUT2D eigenvalue weighted by molar-refractivity contribution is 7.16. The molecule has 1 saturated carbocycles. The summed E-state index contributed by atoms with van der Waals surface area (Å²) in [6, 6.07) is 13.9. The molecule has 37 heavy (non-hydrogen) atoms. The normalized spacial score (nSPS) is 15.7. The van der Waals surface area contributed by atoms with Crippen molar-refractivity contribution in [2.75, 3.05) is 42.5 Å². The zero-order valence-electron chi connectivity index (χ0n) is 20.5. The van der Waals surface area contributed by atoms with Gasteiger partial charge in [0.25, 0.3) is 0 Å². The maximum absolute atomic E-state index is 15.6. The van der Waals surface area contributed by atoms with Gasteiger partial charge in [-0.3, -0.25) is 0 Å². The van der Waals surface area contributed by atoms with Gasteiger partial charge in [-0.1, -0.05) is 11.3 Å². The SMILES string of the molecule is CCN(c1nc(-c2ccc(F)cc2)c(C#N)s1)c1cc(C2CC2)nc2c(F)cc(N3CCNCC3)cc12. The average Bonchev–Trinajstić information content (AvgIpc) is 3.69. The highest BCUT2D eigenvalue weighted by Gasteiger charge is 2.29. The minimum absolute atomic E-state index is 0.324. The second kappa shape index (κ2) is 9.69. The highest BCUT2D eigenvalue weighted by atomic mass is 32.1. The fraction of sp³-hybridized carbons (Fsp3) is 0.321. The number of anilines is 3. The van der Waals surface area contributed by atoms with Crippen molar-refractivity contribution in [3.05, 3.63) is 64.7 Å². The third-order valence-electron chi connectivity index (χ3n) is 7.00. The lowest BCUT2D eigenvalue weighted by Crippen LogP contribution is -2.43. The van der Waals surface area contributed by atoms with Crippen molar-refractivity contribution in [1.82, 2.24) is 15.3 Å². The Morgan fingerprint density at radius 1 is 1.11 bits per heavy atom. The van der Waals surface area contributed by atoms with E-state index < -0.39 is 0 Å². The van der Waals surface area contributed by atoms with E-state index in [9.17, 15) is 9.65 Å². The van der Waals surface area contributed by atoms with Crippen molar-refractivity contribution in [3.8, 4) is 17.3 Å². The molecule has 1 N–H and O–H groups in total. The molecule has 0 spiro atoms. The Labute approximate surface area is 218 Å². The first kappa shape index (κ1) is 23.8. The number of piperazine rings is 1. The van der Waals surface area contributed by atoms with Crippen LogP contribution in [0.15, 0.2) is 42.5 Å². The summed E-state index contributed by atoms with van der Waals surface area (Å²) in [7, 11) is 0. The van der Waals surface area contributed by atoms with E-state index in [1.807, 2.05) is 17.9 Å². The molecule has 3 heterocycles. The predicted molar refractivity (Wildman–Crippen MR) is 144 cm³/mol. The molecule has 1 aliphatic carbocycles. The van der Waals surface area contributed by atoms with Gasteiger partial charge in [-0.15, -0.1) is 0 Å². The zero-order chi connectivity index (χ0) is 25.5. The maximum Gasteiger partial charge on any atom is 0.191 e. The van der Waals surface area contributed by atoms with Gasteiger partial charge in [-0.05, 0) is 62.2 Å². The van der Waals surface area contributed by atoms with E-state index in [-0.39, 0.29) is 11.6 Å². The lowest BCUT2D eigenvalue weighted by molar-refractivity contribution is 0.586. The number of nitrogens with one attached hydrogen (secondary N) is 1. The third-order valence-corrected chi connectivity index (χ3v) is 7.98. The Hall–Kier alpha value is -3.61. The van der Waals surface area contributed by atoms with Gasteiger partial charge in [0.1, 0.15) is 28.0 Å². The first-order chi connectivity index (χ1) is 18.1. The summed E-state index contributed by atoms with van der Waals surface area (Å²) in [5.41, 5.74) is 4.15. The van der Waals surface area contributed by atoms with Gasteiger partial charge in [-0.2, -0.15) is 5.26 Å². The molecular formula is C28H26F2N6S. The molecule has 1 saturated heterocycles. The number of hydrogen-bond donors (Lipinski definition) is 1. The van der Waals surface area contributed by atoms with E-state index in [1.165, 1.54) is 23.5 Å². The number of halogens is 2. The van der Waals surface area contributed by atoms with Crippen molar-refractivity contribution in [2.45, 2.75) is 25.7 Å². The molecule has 0 amide bonds. The number of rotatable bonds is 6. The Balaban J connectivity index is 1.51. The van der Waals surface area contributed by atoms with Crippen LogP contribution in [-0.2, 0) is 0 Å². The summed E-state index contributed by atoms with van der Waals surface area (Å²) in [5.74, 6) is -0.324. The number of nitrogens with zero attached hydrogens (tertiary/aromatic N) is 5. The Morgan fingerprint density at radius 3 is 2.54 bits per heavy atom. The van der Waals surface area contributed by atoms with Gasteiger partial charge in [0, 0.05) is 61.0 Å². The third kappa shape index (κ3) is 4.52. The zero-order valence-corrected chi connectivity index (χ0v) is 21.3. The topological polar surface area (TPSA) is 68.1 Å². The fourth-order valence-corrected chi connectivity index (χ4v) is 5.87. The smallest absolute Gasteiger partial charge is 0.191 e. The number of aromatic nitrogens is 2. The van der Waals surface area contributed by atoms with Crippen LogP contribution in [0.2, 0.25) is 0 Å².